The van der Waals surface area contributed by atoms with Crippen molar-refractivity contribution < 1.29 is 4.74 Å². The molecule has 2 aliphatic rings. The Balaban J connectivity index is 1.28. The standard InChI is InChI=1S/C20H28N4O/c1-17-14-23(12-13-25-17)20-6-9-22(10-7-20)15-18-2-4-19(5-3-18)24-11-8-21-16-24/h2-5,8,11,16-17,20H,6-7,9-10,12-15H2,1H3. The van der Waals surface area contributed by atoms with Gasteiger partial charge in [-0.15, -0.1) is 0 Å². The summed E-state index contributed by atoms with van der Waals surface area (Å²) >= 11 is 0. The first kappa shape index (κ1) is 16.8. The molecule has 3 heterocycles. The fraction of sp³-hybridized carbons (Fsp3) is 0.550. The minimum absolute atomic E-state index is 0.390. The van der Waals surface area contributed by atoms with Gasteiger partial charge in [-0.05, 0) is 50.6 Å². The van der Waals surface area contributed by atoms with Crippen LogP contribution in [-0.2, 0) is 11.3 Å². The van der Waals surface area contributed by atoms with Crippen molar-refractivity contribution in [1.82, 2.24) is 19.4 Å². The number of hydrogen-bond acceptors (Lipinski definition) is 4. The highest BCUT2D eigenvalue weighted by atomic mass is 16.5. The molecular formula is C20H28N4O. The zero-order valence-electron chi connectivity index (χ0n) is 15.1. The molecule has 4 rings (SSSR count). The monoisotopic (exact) mass is 340 g/mol. The van der Waals surface area contributed by atoms with Crippen molar-refractivity contribution >= 4 is 0 Å². The van der Waals surface area contributed by atoms with E-state index in [1.165, 1.54) is 37.2 Å². The van der Waals surface area contributed by atoms with Crippen LogP contribution in [0.1, 0.15) is 25.3 Å². The Labute approximate surface area is 150 Å². The van der Waals surface area contributed by atoms with Crippen LogP contribution >= 0.6 is 0 Å². The summed E-state index contributed by atoms with van der Waals surface area (Å²) in [7, 11) is 0. The highest BCUT2D eigenvalue weighted by molar-refractivity contribution is 5.34. The number of nitrogens with zero attached hydrogens (tertiary/aromatic N) is 4. The number of rotatable bonds is 4. The maximum absolute atomic E-state index is 5.68. The first-order chi connectivity index (χ1) is 12.3. The van der Waals surface area contributed by atoms with Gasteiger partial charge in [0, 0.05) is 43.8 Å². The molecule has 1 aromatic heterocycles. The molecule has 0 amide bonds. The van der Waals surface area contributed by atoms with Gasteiger partial charge in [-0.3, -0.25) is 9.80 Å². The number of ether oxygens (including phenoxy) is 1. The Bertz CT molecular complexity index is 647. The Hall–Kier alpha value is -1.69. The maximum Gasteiger partial charge on any atom is 0.0991 e. The van der Waals surface area contributed by atoms with Crippen LogP contribution in [-0.4, -0.2) is 64.3 Å². The van der Waals surface area contributed by atoms with E-state index in [0.29, 0.717) is 6.10 Å². The summed E-state index contributed by atoms with van der Waals surface area (Å²) in [6.45, 7) is 8.72. The molecule has 1 atom stereocenters. The van der Waals surface area contributed by atoms with E-state index in [-0.39, 0.29) is 0 Å². The van der Waals surface area contributed by atoms with Crippen molar-refractivity contribution in [2.45, 2.75) is 38.5 Å². The molecule has 0 bridgehead atoms. The summed E-state index contributed by atoms with van der Waals surface area (Å²) in [4.78, 5) is 9.34. The van der Waals surface area contributed by atoms with Crippen LogP contribution in [0, 0.1) is 0 Å². The third kappa shape index (κ3) is 4.11. The smallest absolute Gasteiger partial charge is 0.0991 e. The predicted octanol–water partition coefficient (Wildman–Crippen LogP) is 2.56. The Morgan fingerprint density at radius 1 is 1.12 bits per heavy atom. The van der Waals surface area contributed by atoms with E-state index in [1.807, 2.05) is 23.3 Å². The summed E-state index contributed by atoms with van der Waals surface area (Å²) in [6.07, 6.45) is 8.58. The minimum Gasteiger partial charge on any atom is -0.376 e. The molecule has 1 aromatic carbocycles. The zero-order chi connectivity index (χ0) is 17.1. The van der Waals surface area contributed by atoms with Crippen molar-refractivity contribution in [1.29, 1.82) is 0 Å². The fourth-order valence-electron chi connectivity index (χ4n) is 4.06. The van der Waals surface area contributed by atoms with E-state index >= 15 is 0 Å². The normalized spacial score (nSPS) is 23.8. The van der Waals surface area contributed by atoms with Gasteiger partial charge in [-0.2, -0.15) is 0 Å². The quantitative estimate of drug-likeness (QED) is 0.857. The molecule has 0 aliphatic carbocycles. The van der Waals surface area contributed by atoms with Crippen LogP contribution in [0.5, 0.6) is 0 Å². The van der Waals surface area contributed by atoms with Crippen LogP contribution in [0.15, 0.2) is 43.0 Å². The van der Waals surface area contributed by atoms with E-state index in [9.17, 15) is 0 Å². The van der Waals surface area contributed by atoms with Crippen LogP contribution in [0.25, 0.3) is 5.69 Å². The van der Waals surface area contributed by atoms with Crippen molar-refractivity contribution in [3.63, 3.8) is 0 Å². The van der Waals surface area contributed by atoms with Crippen LogP contribution < -0.4 is 0 Å². The lowest BCUT2D eigenvalue weighted by Gasteiger charge is -2.41. The van der Waals surface area contributed by atoms with Crippen molar-refractivity contribution in [3.8, 4) is 5.69 Å². The van der Waals surface area contributed by atoms with Crippen LogP contribution in [0.3, 0.4) is 0 Å². The minimum atomic E-state index is 0.390. The first-order valence-corrected chi connectivity index (χ1v) is 9.43. The van der Waals surface area contributed by atoms with E-state index in [4.69, 9.17) is 4.74 Å². The molecule has 2 aromatic rings. The van der Waals surface area contributed by atoms with Crippen LogP contribution in [0.2, 0.25) is 0 Å². The van der Waals surface area contributed by atoms with E-state index < -0.39 is 0 Å². The van der Waals surface area contributed by atoms with E-state index in [0.717, 1.165) is 32.3 Å². The fourth-order valence-corrected chi connectivity index (χ4v) is 4.06. The SMILES string of the molecule is CC1CN(C2CCN(Cc3ccc(-n4ccnc4)cc3)CC2)CCO1. The van der Waals surface area contributed by atoms with E-state index in [1.54, 1.807) is 0 Å². The largest absolute Gasteiger partial charge is 0.376 e. The van der Waals surface area contributed by atoms with Gasteiger partial charge >= 0.3 is 0 Å². The van der Waals surface area contributed by atoms with Gasteiger partial charge < -0.3 is 9.30 Å². The molecule has 134 valence electrons. The number of hydrogen-bond donors (Lipinski definition) is 0. The topological polar surface area (TPSA) is 33.5 Å². The summed E-state index contributed by atoms with van der Waals surface area (Å²) in [5, 5.41) is 0. The first-order valence-electron chi connectivity index (χ1n) is 9.43. The molecule has 2 saturated heterocycles. The zero-order valence-corrected chi connectivity index (χ0v) is 15.1. The number of benzene rings is 1. The molecule has 0 spiro atoms. The van der Waals surface area contributed by atoms with Gasteiger partial charge in [-0.25, -0.2) is 4.98 Å². The number of imidazole rings is 1. The summed E-state index contributed by atoms with van der Waals surface area (Å²) in [6, 6.07) is 9.58. The molecule has 0 radical (unpaired) electrons. The molecule has 0 N–H and O–H groups in total. The number of morpholine rings is 1. The third-order valence-electron chi connectivity index (χ3n) is 5.49. The highest BCUT2D eigenvalue weighted by Crippen LogP contribution is 2.21. The maximum atomic E-state index is 5.68. The van der Waals surface area contributed by atoms with Gasteiger partial charge in [0.25, 0.3) is 0 Å². The average Bonchev–Trinajstić information content (AvgIpc) is 3.18. The molecule has 25 heavy (non-hydrogen) atoms. The number of piperidine rings is 1. The molecule has 5 nitrogen and oxygen atoms in total. The van der Waals surface area contributed by atoms with Crippen molar-refractivity contribution in [3.05, 3.63) is 48.5 Å². The lowest BCUT2D eigenvalue weighted by Crippen LogP contribution is -2.50. The second-order valence-corrected chi connectivity index (χ2v) is 7.32. The summed E-state index contributed by atoms with van der Waals surface area (Å²) in [5.74, 6) is 0. The molecule has 0 saturated carbocycles. The van der Waals surface area contributed by atoms with Crippen molar-refractivity contribution in [2.75, 3.05) is 32.8 Å². The Morgan fingerprint density at radius 3 is 2.60 bits per heavy atom. The molecule has 5 heteroatoms. The van der Waals surface area contributed by atoms with Gasteiger partial charge in [0.15, 0.2) is 0 Å². The van der Waals surface area contributed by atoms with E-state index in [2.05, 4.69) is 46.0 Å². The molecule has 2 fully saturated rings. The second kappa shape index (κ2) is 7.68. The van der Waals surface area contributed by atoms with Gasteiger partial charge in [-0.1, -0.05) is 12.1 Å². The molecule has 1 unspecified atom stereocenters. The van der Waals surface area contributed by atoms with Crippen molar-refractivity contribution in [2.24, 2.45) is 0 Å². The van der Waals surface area contributed by atoms with Gasteiger partial charge in [0.05, 0.1) is 19.0 Å². The molecule has 2 aliphatic heterocycles. The lowest BCUT2D eigenvalue weighted by molar-refractivity contribution is -0.0437. The number of likely N-dealkylation sites (tertiary alicyclic amines) is 1. The van der Waals surface area contributed by atoms with Gasteiger partial charge in [0.2, 0.25) is 0 Å². The third-order valence-corrected chi connectivity index (χ3v) is 5.49. The summed E-state index contributed by atoms with van der Waals surface area (Å²) in [5.41, 5.74) is 2.56. The average molecular weight is 340 g/mol. The summed E-state index contributed by atoms with van der Waals surface area (Å²) < 4.78 is 7.72. The molecular weight excluding hydrogens is 312 g/mol. The van der Waals surface area contributed by atoms with Gasteiger partial charge in [0.1, 0.15) is 0 Å². The van der Waals surface area contributed by atoms with Crippen LogP contribution in [0.4, 0.5) is 0 Å². The second-order valence-electron chi connectivity index (χ2n) is 7.32. The number of aromatic nitrogens is 2. The Kier molecular flexibility index (Phi) is 5.15. The predicted molar refractivity (Wildman–Crippen MR) is 98.9 cm³/mol. The highest BCUT2D eigenvalue weighted by Gasteiger charge is 2.27. The lowest BCUT2D eigenvalue weighted by atomic mass is 10.0. The Morgan fingerprint density at radius 2 is 1.92 bits per heavy atom.